The predicted octanol–water partition coefficient (Wildman–Crippen LogP) is 5.36. The summed E-state index contributed by atoms with van der Waals surface area (Å²) in [5.74, 6) is 0. The molecule has 0 atom stereocenters. The normalized spacial score (nSPS) is 11.1. The van der Waals surface area contributed by atoms with Crippen LogP contribution in [0, 0.1) is 6.92 Å². The Morgan fingerprint density at radius 2 is 1.40 bits per heavy atom. The number of rotatable bonds is 4. The first kappa shape index (κ1) is 17.9. The number of hydrogen-bond acceptors (Lipinski definition) is 2. The zero-order valence-corrected chi connectivity index (χ0v) is 16.1. The third-order valence-corrected chi connectivity index (χ3v) is 7.90. The maximum Gasteiger partial charge on any atom is 0.197 e. The largest absolute Gasteiger partial charge is 0.342 e. The first-order valence-corrected chi connectivity index (χ1v) is 10.3. The van der Waals surface area contributed by atoms with Crippen LogP contribution in [-0.2, 0) is 4.57 Å². The average Bonchev–Trinajstić information content (AvgIpc) is 2.65. The molecule has 3 aromatic carbocycles. The smallest absolute Gasteiger partial charge is 0.197 e. The van der Waals surface area contributed by atoms with Gasteiger partial charge in [-0.3, -0.25) is 0 Å². The van der Waals surface area contributed by atoms with Crippen molar-refractivity contribution in [1.29, 1.82) is 0 Å². The summed E-state index contributed by atoms with van der Waals surface area (Å²) in [5, 5.41) is 5.10. The molecule has 3 rings (SSSR count). The quantitative estimate of drug-likeness (QED) is 0.484. The standard InChI is InChI=1S/C20H17ClNOPS/c1-15-9-8-14-18(21)19(15)22-20(25)24(23,16-10-4-2-5-11-16)17-12-6-3-7-13-17/h2-14H,1H3,(H,22,25). The second-order valence-electron chi connectivity index (χ2n) is 5.64. The van der Waals surface area contributed by atoms with E-state index >= 15 is 0 Å². The Labute approximate surface area is 158 Å². The number of thiocarbonyl (C=S) groups is 1. The molecule has 0 fully saturated rings. The molecule has 0 saturated heterocycles. The molecule has 1 N–H and O–H groups in total. The van der Waals surface area contributed by atoms with Crippen LogP contribution in [0.3, 0.4) is 0 Å². The van der Waals surface area contributed by atoms with Crippen LogP contribution in [-0.4, -0.2) is 4.73 Å². The van der Waals surface area contributed by atoms with Crippen molar-refractivity contribution in [1.82, 2.24) is 0 Å². The summed E-state index contributed by atoms with van der Waals surface area (Å²) in [6.07, 6.45) is 0. The first-order valence-electron chi connectivity index (χ1n) is 7.81. The summed E-state index contributed by atoms with van der Waals surface area (Å²) >= 11 is 11.9. The minimum absolute atomic E-state index is 0.279. The number of hydrogen-bond donors (Lipinski definition) is 1. The van der Waals surface area contributed by atoms with Crippen molar-refractivity contribution < 1.29 is 4.57 Å². The minimum atomic E-state index is -3.16. The lowest BCUT2D eigenvalue weighted by molar-refractivity contribution is 0.594. The Morgan fingerprint density at radius 3 is 1.88 bits per heavy atom. The van der Waals surface area contributed by atoms with Crippen molar-refractivity contribution in [3.05, 3.63) is 89.4 Å². The van der Waals surface area contributed by atoms with E-state index in [1.807, 2.05) is 79.7 Å². The van der Waals surface area contributed by atoms with Crippen LogP contribution in [0.25, 0.3) is 0 Å². The maximum atomic E-state index is 14.1. The Morgan fingerprint density at radius 1 is 0.880 bits per heavy atom. The Balaban J connectivity index is 2.10. The molecule has 0 aliphatic rings. The van der Waals surface area contributed by atoms with E-state index in [4.69, 9.17) is 23.8 Å². The molecular weight excluding hydrogens is 369 g/mol. The van der Waals surface area contributed by atoms with E-state index in [1.54, 1.807) is 6.07 Å². The number of nitrogens with one attached hydrogen (secondary N) is 1. The predicted molar refractivity (Wildman–Crippen MR) is 112 cm³/mol. The van der Waals surface area contributed by atoms with Crippen molar-refractivity contribution in [3.63, 3.8) is 0 Å². The van der Waals surface area contributed by atoms with Crippen molar-refractivity contribution in [2.24, 2.45) is 0 Å². The molecule has 0 saturated carbocycles. The fourth-order valence-electron chi connectivity index (χ4n) is 2.64. The van der Waals surface area contributed by atoms with Gasteiger partial charge in [0, 0.05) is 10.6 Å². The Hall–Kier alpha value is -1.93. The summed E-state index contributed by atoms with van der Waals surface area (Å²) in [7, 11) is -3.16. The summed E-state index contributed by atoms with van der Waals surface area (Å²) in [4.78, 5) is 0. The van der Waals surface area contributed by atoms with Gasteiger partial charge in [0.1, 0.15) is 4.73 Å². The van der Waals surface area contributed by atoms with E-state index in [1.165, 1.54) is 0 Å². The lowest BCUT2D eigenvalue weighted by Crippen LogP contribution is -2.26. The lowest BCUT2D eigenvalue weighted by Gasteiger charge is -2.22. The molecule has 0 unspecified atom stereocenters. The van der Waals surface area contributed by atoms with Gasteiger partial charge in [-0.1, -0.05) is 96.6 Å². The Kier molecular flexibility index (Phi) is 5.39. The molecule has 3 aromatic rings. The van der Waals surface area contributed by atoms with Gasteiger partial charge in [-0.15, -0.1) is 0 Å². The van der Waals surface area contributed by atoms with E-state index < -0.39 is 7.14 Å². The average molecular weight is 386 g/mol. The van der Waals surface area contributed by atoms with Crippen molar-refractivity contribution in [3.8, 4) is 0 Å². The molecule has 0 amide bonds. The summed E-state index contributed by atoms with van der Waals surface area (Å²) < 4.78 is 14.4. The molecule has 25 heavy (non-hydrogen) atoms. The molecule has 0 radical (unpaired) electrons. The fourth-order valence-corrected chi connectivity index (χ4v) is 5.86. The van der Waals surface area contributed by atoms with Crippen molar-refractivity contribution in [2.75, 3.05) is 5.32 Å². The second kappa shape index (κ2) is 7.53. The van der Waals surface area contributed by atoms with Crippen molar-refractivity contribution >= 4 is 52.0 Å². The molecule has 0 aliphatic carbocycles. The molecule has 0 spiro atoms. The van der Waals surface area contributed by atoms with Crippen LogP contribution in [0.4, 0.5) is 5.69 Å². The molecule has 2 nitrogen and oxygen atoms in total. The van der Waals surface area contributed by atoms with Gasteiger partial charge in [-0.25, -0.2) is 0 Å². The molecule has 126 valence electrons. The molecule has 0 aromatic heterocycles. The monoisotopic (exact) mass is 385 g/mol. The third kappa shape index (κ3) is 3.55. The van der Waals surface area contributed by atoms with Gasteiger partial charge in [0.2, 0.25) is 0 Å². The fraction of sp³-hybridized carbons (Fsp3) is 0.0500. The molecule has 0 bridgehead atoms. The van der Waals surface area contributed by atoms with Gasteiger partial charge >= 0.3 is 0 Å². The molecular formula is C20H17ClNOPS. The summed E-state index contributed by atoms with van der Waals surface area (Å²) in [6, 6.07) is 24.3. The number of para-hydroxylation sites is 1. The zero-order valence-electron chi connectivity index (χ0n) is 13.6. The van der Waals surface area contributed by atoms with Gasteiger partial charge in [-0.05, 0) is 18.6 Å². The highest BCUT2D eigenvalue weighted by atomic mass is 35.5. The van der Waals surface area contributed by atoms with Crippen LogP contribution < -0.4 is 15.9 Å². The third-order valence-electron chi connectivity index (χ3n) is 3.98. The van der Waals surface area contributed by atoms with Crippen LogP contribution in [0.1, 0.15) is 5.56 Å². The van der Waals surface area contributed by atoms with E-state index in [0.717, 1.165) is 5.56 Å². The number of halogens is 1. The SMILES string of the molecule is Cc1cccc(Cl)c1NC(=S)P(=O)(c1ccccc1)c1ccccc1. The van der Waals surface area contributed by atoms with Crippen LogP contribution in [0.15, 0.2) is 78.9 Å². The molecule has 5 heteroatoms. The summed E-state index contributed by atoms with van der Waals surface area (Å²) in [5.41, 5.74) is 1.64. The number of aryl methyl sites for hydroxylation is 1. The number of benzene rings is 3. The maximum absolute atomic E-state index is 14.1. The van der Waals surface area contributed by atoms with Crippen LogP contribution >= 0.6 is 31.0 Å². The second-order valence-corrected chi connectivity index (χ2v) is 9.46. The highest BCUT2D eigenvalue weighted by molar-refractivity contribution is 8.08. The zero-order chi connectivity index (χ0) is 17.9. The van der Waals surface area contributed by atoms with Gasteiger partial charge in [0.25, 0.3) is 0 Å². The number of anilines is 1. The molecule has 0 heterocycles. The van der Waals surface area contributed by atoms with Gasteiger partial charge in [0.15, 0.2) is 7.14 Å². The van der Waals surface area contributed by atoms with E-state index in [9.17, 15) is 4.57 Å². The van der Waals surface area contributed by atoms with Crippen LogP contribution in [0.2, 0.25) is 5.02 Å². The van der Waals surface area contributed by atoms with E-state index in [-0.39, 0.29) is 4.73 Å². The van der Waals surface area contributed by atoms with Gasteiger partial charge < -0.3 is 9.88 Å². The minimum Gasteiger partial charge on any atom is -0.342 e. The summed E-state index contributed by atoms with van der Waals surface area (Å²) in [6.45, 7) is 1.94. The van der Waals surface area contributed by atoms with Gasteiger partial charge in [-0.2, -0.15) is 0 Å². The molecule has 0 aliphatic heterocycles. The first-order chi connectivity index (χ1) is 12.0. The Bertz CT molecular complexity index is 881. The lowest BCUT2D eigenvalue weighted by atomic mass is 10.2. The topological polar surface area (TPSA) is 29.1 Å². The highest BCUT2D eigenvalue weighted by Gasteiger charge is 2.32. The van der Waals surface area contributed by atoms with E-state index in [2.05, 4.69) is 5.32 Å². The van der Waals surface area contributed by atoms with E-state index in [0.29, 0.717) is 21.3 Å². The van der Waals surface area contributed by atoms with Crippen molar-refractivity contribution in [2.45, 2.75) is 6.92 Å². The highest BCUT2D eigenvalue weighted by Crippen LogP contribution is 2.46. The van der Waals surface area contributed by atoms with Gasteiger partial charge in [0.05, 0.1) is 10.7 Å². The van der Waals surface area contributed by atoms with Crippen LogP contribution in [0.5, 0.6) is 0 Å².